The second kappa shape index (κ2) is 9.43. The summed E-state index contributed by atoms with van der Waals surface area (Å²) in [5, 5.41) is 4.72. The molecule has 27 heavy (non-hydrogen) atoms. The van der Waals surface area contributed by atoms with Gasteiger partial charge in [0.25, 0.3) is 0 Å². The summed E-state index contributed by atoms with van der Waals surface area (Å²) in [5.41, 5.74) is 3.77. The average Bonchev–Trinajstić information content (AvgIpc) is 3.23. The lowest BCUT2D eigenvalue weighted by Gasteiger charge is -2.21. The number of guanidine groups is 1. The number of likely N-dealkylation sites (tertiary alicyclic amines) is 1. The topological polar surface area (TPSA) is 69.7 Å². The van der Waals surface area contributed by atoms with E-state index < -0.39 is 0 Å². The van der Waals surface area contributed by atoms with E-state index in [2.05, 4.69) is 58.4 Å². The number of rotatable bonds is 4. The lowest BCUT2D eigenvalue weighted by atomic mass is 9.99. The number of ether oxygens (including phenoxy) is 1. The van der Waals surface area contributed by atoms with Crippen molar-refractivity contribution in [2.45, 2.75) is 20.3 Å². The van der Waals surface area contributed by atoms with Crippen molar-refractivity contribution in [1.29, 1.82) is 0 Å². The molecule has 1 aliphatic rings. The van der Waals surface area contributed by atoms with Crippen molar-refractivity contribution < 1.29 is 9.53 Å². The Labute approximate surface area is 177 Å². The number of hydrogen-bond acceptors (Lipinski definition) is 3. The van der Waals surface area contributed by atoms with Gasteiger partial charge in [-0.05, 0) is 30.4 Å². The monoisotopic (exact) mass is 484 g/mol. The van der Waals surface area contributed by atoms with Crippen molar-refractivity contribution >= 4 is 46.8 Å². The number of aryl methyl sites for hydroxylation is 1. The second-order valence-electron chi connectivity index (χ2n) is 7.05. The molecule has 1 aromatic heterocycles. The number of nitrogens with zero attached hydrogens (tertiary/aromatic N) is 2. The van der Waals surface area contributed by atoms with Crippen LogP contribution in [0.2, 0.25) is 0 Å². The summed E-state index contributed by atoms with van der Waals surface area (Å²) in [4.78, 5) is 21.8. The Balaban J connectivity index is 0.00000261. The molecule has 1 aliphatic heterocycles. The molecule has 2 atom stereocenters. The molecule has 0 radical (unpaired) electrons. The number of esters is 1. The van der Waals surface area contributed by atoms with Gasteiger partial charge < -0.3 is 19.9 Å². The molecule has 6 nitrogen and oxygen atoms in total. The number of H-pyrrole nitrogens is 1. The van der Waals surface area contributed by atoms with Crippen molar-refractivity contribution in [3.05, 3.63) is 35.5 Å². The number of aliphatic imine (C=N–C) groups is 1. The SMILES string of the molecule is CN=C(NCCc1c[nH]c2c(C)cccc12)N1CC(C)C(C(=O)OC)C1.I. The summed E-state index contributed by atoms with van der Waals surface area (Å²) in [5.74, 6) is 0.886. The molecule has 2 N–H and O–H groups in total. The largest absolute Gasteiger partial charge is 0.469 e. The fraction of sp³-hybridized carbons (Fsp3) is 0.500. The van der Waals surface area contributed by atoms with Gasteiger partial charge in [0, 0.05) is 43.8 Å². The first-order valence-corrected chi connectivity index (χ1v) is 9.14. The minimum absolute atomic E-state index is 0. The summed E-state index contributed by atoms with van der Waals surface area (Å²) in [6, 6.07) is 6.38. The Morgan fingerprint density at radius 3 is 2.89 bits per heavy atom. The molecule has 0 amide bonds. The Morgan fingerprint density at radius 2 is 2.19 bits per heavy atom. The van der Waals surface area contributed by atoms with Crippen molar-refractivity contribution in [2.75, 3.05) is 33.8 Å². The van der Waals surface area contributed by atoms with E-state index in [-0.39, 0.29) is 41.8 Å². The number of halogens is 1. The quantitative estimate of drug-likeness (QED) is 0.303. The highest BCUT2D eigenvalue weighted by molar-refractivity contribution is 14.0. The molecule has 7 heteroatoms. The van der Waals surface area contributed by atoms with Crippen LogP contribution in [-0.2, 0) is 16.0 Å². The first-order chi connectivity index (χ1) is 12.5. The first kappa shape index (κ1) is 21.5. The molecule has 1 fully saturated rings. The van der Waals surface area contributed by atoms with E-state index in [0.717, 1.165) is 25.5 Å². The second-order valence-corrected chi connectivity index (χ2v) is 7.05. The van der Waals surface area contributed by atoms with Gasteiger partial charge in [-0.15, -0.1) is 24.0 Å². The third-order valence-electron chi connectivity index (χ3n) is 5.31. The lowest BCUT2D eigenvalue weighted by molar-refractivity contribution is -0.145. The standard InChI is InChI=1S/C20H28N4O2.HI/c1-13-6-5-7-16-15(10-23-18(13)16)8-9-22-20(21-3)24-11-14(2)17(12-24)19(25)26-4;/h5-7,10,14,17,23H,8-9,11-12H2,1-4H3,(H,21,22);1H. The van der Waals surface area contributed by atoms with Gasteiger partial charge in [-0.25, -0.2) is 0 Å². The van der Waals surface area contributed by atoms with Crippen molar-refractivity contribution in [3.8, 4) is 0 Å². The number of benzene rings is 1. The maximum absolute atomic E-state index is 11.9. The van der Waals surface area contributed by atoms with E-state index in [0.29, 0.717) is 6.54 Å². The third kappa shape index (κ3) is 4.56. The molecule has 0 saturated carbocycles. The zero-order valence-corrected chi connectivity index (χ0v) is 18.7. The van der Waals surface area contributed by atoms with Crippen LogP contribution in [0.15, 0.2) is 29.4 Å². The van der Waals surface area contributed by atoms with E-state index in [1.165, 1.54) is 29.1 Å². The van der Waals surface area contributed by atoms with Crippen LogP contribution in [0.25, 0.3) is 10.9 Å². The van der Waals surface area contributed by atoms with Gasteiger partial charge in [0.05, 0.1) is 13.0 Å². The van der Waals surface area contributed by atoms with Gasteiger partial charge in [0.2, 0.25) is 0 Å². The minimum Gasteiger partial charge on any atom is -0.469 e. The molecule has 1 aromatic carbocycles. The fourth-order valence-electron chi connectivity index (χ4n) is 3.81. The van der Waals surface area contributed by atoms with Gasteiger partial charge in [-0.2, -0.15) is 0 Å². The van der Waals surface area contributed by atoms with Crippen molar-refractivity contribution in [3.63, 3.8) is 0 Å². The van der Waals surface area contributed by atoms with Crippen LogP contribution in [0.5, 0.6) is 0 Å². The number of fused-ring (bicyclic) bond motifs is 1. The van der Waals surface area contributed by atoms with Crippen LogP contribution >= 0.6 is 24.0 Å². The maximum Gasteiger partial charge on any atom is 0.310 e. The normalized spacial score (nSPS) is 19.9. The van der Waals surface area contributed by atoms with Gasteiger partial charge in [0.15, 0.2) is 5.96 Å². The molecule has 0 bridgehead atoms. The predicted molar refractivity (Wildman–Crippen MR) is 120 cm³/mol. The zero-order chi connectivity index (χ0) is 18.7. The number of aromatic nitrogens is 1. The Hall–Kier alpha value is -1.77. The Kier molecular flexibility index (Phi) is 7.52. The molecule has 2 heterocycles. The number of methoxy groups -OCH3 is 1. The smallest absolute Gasteiger partial charge is 0.310 e. The molecule has 0 spiro atoms. The summed E-state index contributed by atoms with van der Waals surface area (Å²) in [6.45, 7) is 6.46. The molecular weight excluding hydrogens is 455 g/mol. The van der Waals surface area contributed by atoms with Crippen LogP contribution in [0.1, 0.15) is 18.1 Å². The molecule has 2 unspecified atom stereocenters. The summed E-state index contributed by atoms with van der Waals surface area (Å²) in [6.07, 6.45) is 3.00. The Bertz CT molecular complexity index is 817. The van der Waals surface area contributed by atoms with Gasteiger partial charge in [0.1, 0.15) is 0 Å². The van der Waals surface area contributed by atoms with E-state index >= 15 is 0 Å². The fourth-order valence-corrected chi connectivity index (χ4v) is 3.81. The maximum atomic E-state index is 11.9. The van der Waals surface area contributed by atoms with Crippen molar-refractivity contribution in [1.82, 2.24) is 15.2 Å². The molecule has 148 valence electrons. The number of hydrogen-bond donors (Lipinski definition) is 2. The number of para-hydroxylation sites is 1. The predicted octanol–water partition coefficient (Wildman–Crippen LogP) is 2.95. The van der Waals surface area contributed by atoms with Crippen LogP contribution < -0.4 is 5.32 Å². The molecule has 3 rings (SSSR count). The number of aromatic amines is 1. The highest BCUT2D eigenvalue weighted by Gasteiger charge is 2.36. The van der Waals surface area contributed by atoms with Crippen molar-refractivity contribution in [2.24, 2.45) is 16.8 Å². The van der Waals surface area contributed by atoms with Crippen LogP contribution in [0.4, 0.5) is 0 Å². The number of carbonyl (C=O) groups excluding carboxylic acids is 1. The molecule has 1 saturated heterocycles. The first-order valence-electron chi connectivity index (χ1n) is 9.14. The van der Waals surface area contributed by atoms with E-state index in [1.807, 2.05) is 0 Å². The van der Waals surface area contributed by atoms with Crippen LogP contribution in [0.3, 0.4) is 0 Å². The van der Waals surface area contributed by atoms with Gasteiger partial charge in [-0.3, -0.25) is 9.79 Å². The van der Waals surface area contributed by atoms with E-state index in [9.17, 15) is 4.79 Å². The molecule has 0 aliphatic carbocycles. The lowest BCUT2D eigenvalue weighted by Crippen LogP contribution is -2.41. The van der Waals surface area contributed by atoms with E-state index in [4.69, 9.17) is 4.74 Å². The van der Waals surface area contributed by atoms with Crippen LogP contribution in [0, 0.1) is 18.8 Å². The average molecular weight is 484 g/mol. The highest BCUT2D eigenvalue weighted by atomic mass is 127. The highest BCUT2D eigenvalue weighted by Crippen LogP contribution is 2.24. The number of nitrogens with one attached hydrogen (secondary N) is 2. The van der Waals surface area contributed by atoms with E-state index in [1.54, 1.807) is 7.05 Å². The Morgan fingerprint density at radius 1 is 1.41 bits per heavy atom. The minimum atomic E-state index is -0.135. The van der Waals surface area contributed by atoms with Gasteiger partial charge in [-0.1, -0.05) is 25.1 Å². The molecular formula is C20H29IN4O2. The molecule has 2 aromatic rings. The summed E-state index contributed by atoms with van der Waals surface area (Å²) >= 11 is 0. The van der Waals surface area contributed by atoms with Crippen LogP contribution in [-0.4, -0.2) is 55.6 Å². The zero-order valence-electron chi connectivity index (χ0n) is 16.4. The summed E-state index contributed by atoms with van der Waals surface area (Å²) < 4.78 is 4.92. The third-order valence-corrected chi connectivity index (χ3v) is 5.31. The number of carbonyl (C=O) groups is 1. The summed E-state index contributed by atoms with van der Waals surface area (Å²) in [7, 11) is 3.24. The van der Waals surface area contributed by atoms with Gasteiger partial charge >= 0.3 is 5.97 Å².